The molecule has 1 aromatic carbocycles. The SMILES string of the molecule is Cc1cc(OC(C)(N)CC(C)O)ccc1Cl. The Balaban J connectivity index is 2.76. The lowest BCUT2D eigenvalue weighted by atomic mass is 10.1. The molecule has 0 aromatic heterocycles. The molecular formula is C12H18ClNO2. The van der Waals surface area contributed by atoms with E-state index in [-0.39, 0.29) is 0 Å². The molecule has 0 saturated carbocycles. The molecule has 2 atom stereocenters. The maximum atomic E-state index is 9.28. The topological polar surface area (TPSA) is 55.5 Å². The van der Waals surface area contributed by atoms with Gasteiger partial charge in [0.15, 0.2) is 5.72 Å². The molecule has 90 valence electrons. The van der Waals surface area contributed by atoms with Crippen LogP contribution in [0.5, 0.6) is 5.75 Å². The van der Waals surface area contributed by atoms with Gasteiger partial charge in [-0.3, -0.25) is 5.73 Å². The molecule has 16 heavy (non-hydrogen) atoms. The van der Waals surface area contributed by atoms with Crippen molar-refractivity contribution in [3.63, 3.8) is 0 Å². The highest BCUT2D eigenvalue weighted by Crippen LogP contribution is 2.24. The molecule has 4 heteroatoms. The minimum atomic E-state index is -0.881. The third-order valence-electron chi connectivity index (χ3n) is 2.18. The number of rotatable bonds is 4. The normalized spacial score (nSPS) is 16.6. The Kier molecular flexibility index (Phi) is 4.19. The van der Waals surface area contributed by atoms with Crippen LogP contribution in [0.1, 0.15) is 25.8 Å². The largest absolute Gasteiger partial charge is 0.473 e. The summed E-state index contributed by atoms with van der Waals surface area (Å²) in [5.41, 5.74) is 5.98. The number of halogens is 1. The molecule has 0 aliphatic heterocycles. The van der Waals surface area contributed by atoms with Crippen molar-refractivity contribution in [3.05, 3.63) is 28.8 Å². The van der Waals surface area contributed by atoms with Crippen LogP contribution in [0.3, 0.4) is 0 Å². The summed E-state index contributed by atoms with van der Waals surface area (Å²) in [5.74, 6) is 0.660. The first-order chi connectivity index (χ1) is 7.30. The first-order valence-corrected chi connectivity index (χ1v) is 5.60. The third kappa shape index (κ3) is 4.00. The number of nitrogens with two attached hydrogens (primary N) is 1. The molecule has 3 N–H and O–H groups in total. The smallest absolute Gasteiger partial charge is 0.158 e. The van der Waals surface area contributed by atoms with Gasteiger partial charge < -0.3 is 9.84 Å². The zero-order chi connectivity index (χ0) is 12.3. The molecule has 0 saturated heterocycles. The number of ether oxygens (including phenoxy) is 1. The van der Waals surface area contributed by atoms with Gasteiger partial charge in [0, 0.05) is 11.4 Å². The number of aliphatic hydroxyl groups excluding tert-OH is 1. The van der Waals surface area contributed by atoms with Crippen molar-refractivity contribution in [3.8, 4) is 5.75 Å². The lowest BCUT2D eigenvalue weighted by molar-refractivity contribution is 0.0360. The molecule has 0 spiro atoms. The molecular weight excluding hydrogens is 226 g/mol. The Bertz CT molecular complexity index is 364. The molecule has 0 heterocycles. The fourth-order valence-corrected chi connectivity index (χ4v) is 1.70. The van der Waals surface area contributed by atoms with E-state index in [4.69, 9.17) is 22.1 Å². The number of benzene rings is 1. The summed E-state index contributed by atoms with van der Waals surface area (Å²) in [6.45, 7) is 5.32. The Morgan fingerprint density at radius 3 is 2.69 bits per heavy atom. The molecule has 0 radical (unpaired) electrons. The fourth-order valence-electron chi connectivity index (χ4n) is 1.58. The number of aliphatic hydroxyl groups is 1. The van der Waals surface area contributed by atoms with E-state index in [0.717, 1.165) is 5.56 Å². The van der Waals surface area contributed by atoms with Gasteiger partial charge in [-0.25, -0.2) is 0 Å². The lowest BCUT2D eigenvalue weighted by Gasteiger charge is -2.27. The maximum absolute atomic E-state index is 9.28. The molecule has 0 fully saturated rings. The summed E-state index contributed by atoms with van der Waals surface area (Å²) >= 11 is 5.91. The monoisotopic (exact) mass is 243 g/mol. The highest BCUT2D eigenvalue weighted by Gasteiger charge is 2.22. The molecule has 0 amide bonds. The standard InChI is InChI=1S/C12H18ClNO2/c1-8-6-10(4-5-11(8)13)16-12(3,14)7-9(2)15/h4-6,9,15H,7,14H2,1-3H3. The molecule has 0 aliphatic rings. The van der Waals surface area contributed by atoms with Crippen LogP contribution in [-0.2, 0) is 0 Å². The first-order valence-electron chi connectivity index (χ1n) is 5.22. The molecule has 3 nitrogen and oxygen atoms in total. The maximum Gasteiger partial charge on any atom is 0.158 e. The van der Waals surface area contributed by atoms with E-state index in [1.807, 2.05) is 13.0 Å². The predicted octanol–water partition coefficient (Wildman–Crippen LogP) is 2.47. The van der Waals surface area contributed by atoms with Gasteiger partial charge in [0.2, 0.25) is 0 Å². The zero-order valence-electron chi connectivity index (χ0n) is 9.83. The fraction of sp³-hybridized carbons (Fsp3) is 0.500. The predicted molar refractivity (Wildman–Crippen MR) is 65.7 cm³/mol. The van der Waals surface area contributed by atoms with Gasteiger partial charge in [-0.2, -0.15) is 0 Å². The molecule has 0 bridgehead atoms. The van der Waals surface area contributed by atoms with Crippen LogP contribution in [-0.4, -0.2) is 16.9 Å². The van der Waals surface area contributed by atoms with Gasteiger partial charge in [-0.1, -0.05) is 11.6 Å². The van der Waals surface area contributed by atoms with E-state index < -0.39 is 11.8 Å². The quantitative estimate of drug-likeness (QED) is 0.799. The summed E-state index contributed by atoms with van der Waals surface area (Å²) in [4.78, 5) is 0. The van der Waals surface area contributed by atoms with Crippen LogP contribution in [0.4, 0.5) is 0 Å². The van der Waals surface area contributed by atoms with Crippen LogP contribution < -0.4 is 10.5 Å². The van der Waals surface area contributed by atoms with Gasteiger partial charge >= 0.3 is 0 Å². The second-order valence-electron chi connectivity index (χ2n) is 4.38. The van der Waals surface area contributed by atoms with Crippen molar-refractivity contribution in [1.82, 2.24) is 0 Å². The van der Waals surface area contributed by atoms with E-state index in [0.29, 0.717) is 17.2 Å². The van der Waals surface area contributed by atoms with E-state index in [1.165, 1.54) is 0 Å². The Morgan fingerprint density at radius 1 is 1.56 bits per heavy atom. The van der Waals surface area contributed by atoms with Crippen molar-refractivity contribution >= 4 is 11.6 Å². The van der Waals surface area contributed by atoms with Crippen LogP contribution in [0.25, 0.3) is 0 Å². The average Bonchev–Trinajstić information content (AvgIpc) is 2.08. The van der Waals surface area contributed by atoms with Crippen LogP contribution >= 0.6 is 11.6 Å². The average molecular weight is 244 g/mol. The third-order valence-corrected chi connectivity index (χ3v) is 2.61. The van der Waals surface area contributed by atoms with Gasteiger partial charge in [-0.15, -0.1) is 0 Å². The number of hydrogen-bond acceptors (Lipinski definition) is 3. The first kappa shape index (κ1) is 13.3. The van der Waals surface area contributed by atoms with E-state index in [1.54, 1.807) is 26.0 Å². The summed E-state index contributed by atoms with van der Waals surface area (Å²) in [7, 11) is 0. The second kappa shape index (κ2) is 5.04. The van der Waals surface area contributed by atoms with Crippen molar-refractivity contribution < 1.29 is 9.84 Å². The summed E-state index contributed by atoms with van der Waals surface area (Å²) in [6.07, 6.45) is -0.127. The minimum Gasteiger partial charge on any atom is -0.473 e. The van der Waals surface area contributed by atoms with Gasteiger partial charge in [0.05, 0.1) is 6.10 Å². The highest BCUT2D eigenvalue weighted by atomic mass is 35.5. The number of hydrogen-bond donors (Lipinski definition) is 2. The second-order valence-corrected chi connectivity index (χ2v) is 4.79. The summed E-state index contributed by atoms with van der Waals surface area (Å²) in [6, 6.07) is 5.36. The van der Waals surface area contributed by atoms with Crippen molar-refractivity contribution in [2.24, 2.45) is 5.73 Å². The van der Waals surface area contributed by atoms with Crippen molar-refractivity contribution in [1.29, 1.82) is 0 Å². The number of aryl methyl sites for hydroxylation is 1. The molecule has 1 aromatic rings. The highest BCUT2D eigenvalue weighted by molar-refractivity contribution is 6.31. The van der Waals surface area contributed by atoms with Crippen LogP contribution in [0.2, 0.25) is 5.02 Å². The molecule has 2 unspecified atom stereocenters. The molecule has 1 rings (SSSR count). The van der Waals surface area contributed by atoms with Crippen molar-refractivity contribution in [2.45, 2.75) is 39.0 Å². The van der Waals surface area contributed by atoms with Gasteiger partial charge in [0.25, 0.3) is 0 Å². The zero-order valence-corrected chi connectivity index (χ0v) is 10.6. The van der Waals surface area contributed by atoms with E-state index in [9.17, 15) is 5.11 Å². The lowest BCUT2D eigenvalue weighted by Crippen LogP contribution is -2.45. The Morgan fingerprint density at radius 2 is 2.19 bits per heavy atom. The summed E-state index contributed by atoms with van der Waals surface area (Å²) in [5, 5.41) is 9.98. The van der Waals surface area contributed by atoms with Gasteiger partial charge in [-0.05, 0) is 44.5 Å². The van der Waals surface area contributed by atoms with Crippen LogP contribution in [0, 0.1) is 6.92 Å². The summed E-state index contributed by atoms with van der Waals surface area (Å²) < 4.78 is 5.61. The molecule has 0 aliphatic carbocycles. The Hall–Kier alpha value is -0.770. The van der Waals surface area contributed by atoms with Crippen molar-refractivity contribution in [2.75, 3.05) is 0 Å². The van der Waals surface area contributed by atoms with Crippen LogP contribution in [0.15, 0.2) is 18.2 Å². The minimum absolute atomic E-state index is 0.370. The Labute approximate surface area is 101 Å². The van der Waals surface area contributed by atoms with E-state index in [2.05, 4.69) is 0 Å². The van der Waals surface area contributed by atoms with Gasteiger partial charge in [0.1, 0.15) is 5.75 Å². The van der Waals surface area contributed by atoms with E-state index >= 15 is 0 Å².